The highest BCUT2D eigenvalue weighted by Crippen LogP contribution is 2.29. The van der Waals surface area contributed by atoms with Crippen LogP contribution in [0.3, 0.4) is 0 Å². The molecule has 2 aromatic heterocycles. The molecule has 3 rings (SSSR count). The van der Waals surface area contributed by atoms with E-state index in [1.807, 2.05) is 35.7 Å². The van der Waals surface area contributed by atoms with Crippen LogP contribution < -0.4 is 5.73 Å². The summed E-state index contributed by atoms with van der Waals surface area (Å²) >= 11 is 1.67. The normalized spacial score (nSPS) is 10.4. The summed E-state index contributed by atoms with van der Waals surface area (Å²) in [6, 6.07) is 18.3. The molecule has 0 aliphatic rings. The summed E-state index contributed by atoms with van der Waals surface area (Å²) in [5.41, 5.74) is 9.09. The van der Waals surface area contributed by atoms with E-state index in [2.05, 4.69) is 29.2 Å². The van der Waals surface area contributed by atoms with Gasteiger partial charge in [0.1, 0.15) is 5.82 Å². The first-order valence-electron chi connectivity index (χ1n) is 5.70. The molecule has 0 bridgehead atoms. The molecule has 2 heterocycles. The second-order valence-corrected chi connectivity index (χ2v) is 4.96. The zero-order valence-corrected chi connectivity index (χ0v) is 10.5. The van der Waals surface area contributed by atoms with Gasteiger partial charge in [0.25, 0.3) is 0 Å². The van der Waals surface area contributed by atoms with Crippen LogP contribution >= 0.6 is 11.3 Å². The van der Waals surface area contributed by atoms with Crippen LogP contribution in [-0.4, -0.2) is 4.98 Å². The van der Waals surface area contributed by atoms with Gasteiger partial charge >= 0.3 is 0 Å². The van der Waals surface area contributed by atoms with Gasteiger partial charge in [-0.1, -0.05) is 36.4 Å². The highest BCUT2D eigenvalue weighted by atomic mass is 32.1. The quantitative estimate of drug-likeness (QED) is 0.747. The Morgan fingerprint density at radius 3 is 2.44 bits per heavy atom. The molecular weight excluding hydrogens is 240 g/mol. The molecule has 0 aliphatic carbocycles. The van der Waals surface area contributed by atoms with Gasteiger partial charge in [0.05, 0.1) is 10.6 Å². The standard InChI is InChI=1S/C15H12N2S/c16-15-10-12(11-5-2-1-3-6-11)9-13(17-15)14-7-4-8-18-14/h1-10H,(H2,16,17). The predicted octanol–water partition coefficient (Wildman–Crippen LogP) is 4.06. The van der Waals surface area contributed by atoms with E-state index >= 15 is 0 Å². The number of anilines is 1. The van der Waals surface area contributed by atoms with Crippen molar-refractivity contribution >= 4 is 17.2 Å². The molecule has 0 unspecified atom stereocenters. The summed E-state index contributed by atoms with van der Waals surface area (Å²) in [5.74, 6) is 0.555. The van der Waals surface area contributed by atoms with Crippen LogP contribution in [0.25, 0.3) is 21.7 Å². The molecule has 3 heteroatoms. The average Bonchev–Trinajstić information content (AvgIpc) is 2.93. The lowest BCUT2D eigenvalue weighted by Crippen LogP contribution is -1.93. The maximum absolute atomic E-state index is 5.90. The summed E-state index contributed by atoms with van der Waals surface area (Å²) in [6.07, 6.45) is 0. The molecule has 0 amide bonds. The zero-order valence-electron chi connectivity index (χ0n) is 9.71. The summed E-state index contributed by atoms with van der Waals surface area (Å²) in [6.45, 7) is 0. The van der Waals surface area contributed by atoms with Crippen LogP contribution in [0.2, 0.25) is 0 Å². The van der Waals surface area contributed by atoms with Crippen molar-refractivity contribution in [3.8, 4) is 21.7 Å². The van der Waals surface area contributed by atoms with Crippen molar-refractivity contribution in [1.82, 2.24) is 4.98 Å². The number of nitrogens with zero attached hydrogens (tertiary/aromatic N) is 1. The molecule has 0 saturated heterocycles. The predicted molar refractivity (Wildman–Crippen MR) is 77.4 cm³/mol. The monoisotopic (exact) mass is 252 g/mol. The number of aromatic nitrogens is 1. The minimum absolute atomic E-state index is 0.555. The Labute approximate surface area is 110 Å². The Kier molecular flexibility index (Phi) is 2.82. The zero-order chi connectivity index (χ0) is 12.4. The van der Waals surface area contributed by atoms with Crippen LogP contribution in [0.1, 0.15) is 0 Å². The number of benzene rings is 1. The number of pyridine rings is 1. The minimum Gasteiger partial charge on any atom is -0.384 e. The van der Waals surface area contributed by atoms with Crippen molar-refractivity contribution in [2.45, 2.75) is 0 Å². The van der Waals surface area contributed by atoms with Gasteiger partial charge in [0.15, 0.2) is 0 Å². The van der Waals surface area contributed by atoms with E-state index in [9.17, 15) is 0 Å². The van der Waals surface area contributed by atoms with E-state index in [1.165, 1.54) is 0 Å². The third-order valence-corrected chi connectivity index (χ3v) is 3.62. The molecular formula is C15H12N2S. The molecule has 2 nitrogen and oxygen atoms in total. The second kappa shape index (κ2) is 4.63. The maximum Gasteiger partial charge on any atom is 0.124 e. The molecule has 18 heavy (non-hydrogen) atoms. The summed E-state index contributed by atoms with van der Waals surface area (Å²) in [5, 5.41) is 2.04. The van der Waals surface area contributed by atoms with Crippen LogP contribution in [0, 0.1) is 0 Å². The summed E-state index contributed by atoms with van der Waals surface area (Å²) in [7, 11) is 0. The van der Waals surface area contributed by atoms with Crippen LogP contribution in [0.5, 0.6) is 0 Å². The highest BCUT2D eigenvalue weighted by molar-refractivity contribution is 7.13. The largest absolute Gasteiger partial charge is 0.384 e. The maximum atomic E-state index is 5.90. The first kappa shape index (κ1) is 11.0. The molecule has 0 radical (unpaired) electrons. The number of hydrogen-bond donors (Lipinski definition) is 1. The fourth-order valence-corrected chi connectivity index (χ4v) is 2.59. The van der Waals surface area contributed by atoms with Gasteiger partial charge in [0, 0.05) is 0 Å². The molecule has 0 spiro atoms. The smallest absolute Gasteiger partial charge is 0.124 e. The first-order chi connectivity index (χ1) is 8.83. The van der Waals surface area contributed by atoms with E-state index < -0.39 is 0 Å². The molecule has 1 aromatic carbocycles. The Morgan fingerprint density at radius 1 is 0.889 bits per heavy atom. The van der Waals surface area contributed by atoms with E-state index in [0.717, 1.165) is 21.7 Å². The summed E-state index contributed by atoms with van der Waals surface area (Å²) < 4.78 is 0. The highest BCUT2D eigenvalue weighted by Gasteiger charge is 2.05. The molecule has 0 atom stereocenters. The van der Waals surface area contributed by atoms with Crippen molar-refractivity contribution in [3.63, 3.8) is 0 Å². The van der Waals surface area contributed by atoms with E-state index in [-0.39, 0.29) is 0 Å². The first-order valence-corrected chi connectivity index (χ1v) is 6.58. The second-order valence-electron chi connectivity index (χ2n) is 4.01. The third kappa shape index (κ3) is 2.13. The van der Waals surface area contributed by atoms with Gasteiger partial charge in [0.2, 0.25) is 0 Å². The van der Waals surface area contributed by atoms with E-state index in [0.29, 0.717) is 5.82 Å². The van der Waals surface area contributed by atoms with Gasteiger partial charge in [-0.05, 0) is 34.7 Å². The Bertz CT molecular complexity index is 646. The Morgan fingerprint density at radius 2 is 1.72 bits per heavy atom. The number of nitrogen functional groups attached to an aromatic ring is 1. The Balaban J connectivity index is 2.12. The fourth-order valence-electron chi connectivity index (χ4n) is 1.90. The van der Waals surface area contributed by atoms with Gasteiger partial charge in [-0.15, -0.1) is 11.3 Å². The van der Waals surface area contributed by atoms with Crippen molar-refractivity contribution in [2.75, 3.05) is 5.73 Å². The van der Waals surface area contributed by atoms with E-state index in [1.54, 1.807) is 11.3 Å². The number of rotatable bonds is 2. The van der Waals surface area contributed by atoms with Crippen molar-refractivity contribution in [3.05, 3.63) is 60.0 Å². The molecule has 0 aliphatic heterocycles. The topological polar surface area (TPSA) is 38.9 Å². The molecule has 3 aromatic rings. The van der Waals surface area contributed by atoms with Gasteiger partial charge in [-0.2, -0.15) is 0 Å². The number of hydrogen-bond acceptors (Lipinski definition) is 3. The third-order valence-electron chi connectivity index (χ3n) is 2.73. The van der Waals surface area contributed by atoms with Crippen molar-refractivity contribution in [2.24, 2.45) is 0 Å². The van der Waals surface area contributed by atoms with Gasteiger partial charge < -0.3 is 5.73 Å². The van der Waals surface area contributed by atoms with Crippen LogP contribution in [-0.2, 0) is 0 Å². The van der Waals surface area contributed by atoms with Gasteiger partial charge in [-0.3, -0.25) is 0 Å². The van der Waals surface area contributed by atoms with E-state index in [4.69, 9.17) is 5.73 Å². The lowest BCUT2D eigenvalue weighted by atomic mass is 10.1. The van der Waals surface area contributed by atoms with Gasteiger partial charge in [-0.25, -0.2) is 4.98 Å². The lowest BCUT2D eigenvalue weighted by Gasteiger charge is -2.05. The number of thiophene rings is 1. The minimum atomic E-state index is 0.555. The number of nitrogens with two attached hydrogens (primary N) is 1. The summed E-state index contributed by atoms with van der Waals surface area (Å²) in [4.78, 5) is 5.53. The SMILES string of the molecule is Nc1cc(-c2ccccc2)cc(-c2cccs2)n1. The molecule has 0 saturated carbocycles. The molecule has 0 fully saturated rings. The fraction of sp³-hybridized carbons (Fsp3) is 0. The van der Waals surface area contributed by atoms with Crippen LogP contribution in [0.4, 0.5) is 5.82 Å². The van der Waals surface area contributed by atoms with Crippen molar-refractivity contribution in [1.29, 1.82) is 0 Å². The van der Waals surface area contributed by atoms with Crippen LogP contribution in [0.15, 0.2) is 60.0 Å². The average molecular weight is 252 g/mol. The molecule has 88 valence electrons. The molecule has 2 N–H and O–H groups in total. The Hall–Kier alpha value is -2.13. The lowest BCUT2D eigenvalue weighted by molar-refractivity contribution is 1.35. The van der Waals surface area contributed by atoms with Crippen molar-refractivity contribution < 1.29 is 0 Å².